The molecule has 27 heteroatoms. The Kier molecular flexibility index (Phi) is 32.2. The van der Waals surface area contributed by atoms with Gasteiger partial charge in [0.1, 0.15) is 30.8 Å². The summed E-state index contributed by atoms with van der Waals surface area (Å²) in [5.41, 5.74) is 6.94. The summed E-state index contributed by atoms with van der Waals surface area (Å²) < 4.78 is 17.4. The molecule has 0 bridgehead atoms. The van der Waals surface area contributed by atoms with E-state index in [9.17, 15) is 63.0 Å². The van der Waals surface area contributed by atoms with E-state index in [1.807, 2.05) is 44.2 Å². The lowest BCUT2D eigenvalue weighted by Gasteiger charge is -2.37. The fourth-order valence-corrected chi connectivity index (χ4v) is 11.1. The lowest BCUT2D eigenvalue weighted by Crippen LogP contribution is -2.60. The molecule has 0 saturated carbocycles. The van der Waals surface area contributed by atoms with E-state index in [0.717, 1.165) is 15.4 Å². The maximum absolute atomic E-state index is 14.3. The molecule has 0 aromatic heterocycles. The number of aliphatic hydroxyl groups is 2. The number of nitrogens with zero attached hydrogens (tertiary/aromatic N) is 3. The number of aliphatic hydroxyl groups excluding tert-OH is 2. The zero-order chi connectivity index (χ0) is 68.2. The van der Waals surface area contributed by atoms with E-state index >= 15 is 0 Å². The Morgan fingerprint density at radius 1 is 0.717 bits per heavy atom. The van der Waals surface area contributed by atoms with Crippen LogP contribution in [-0.2, 0) is 70.4 Å². The molecule has 0 spiro atoms. The minimum absolute atomic E-state index is 0.0679. The van der Waals surface area contributed by atoms with Crippen molar-refractivity contribution in [2.75, 3.05) is 59.4 Å². The van der Waals surface area contributed by atoms with Gasteiger partial charge < -0.3 is 72.3 Å². The highest BCUT2D eigenvalue weighted by atomic mass is 16.6. The second kappa shape index (κ2) is 38.7. The molecule has 1 saturated heterocycles. The van der Waals surface area contributed by atoms with Gasteiger partial charge in [-0.2, -0.15) is 0 Å². The number of likely N-dealkylation sites (N-methyl/N-ethyl adjacent to an activating group) is 1. The molecule has 11 atom stereocenters. The van der Waals surface area contributed by atoms with Crippen molar-refractivity contribution in [2.45, 2.75) is 180 Å². The van der Waals surface area contributed by atoms with Gasteiger partial charge in [-0.25, -0.2) is 9.59 Å². The van der Waals surface area contributed by atoms with Gasteiger partial charge in [-0.3, -0.25) is 53.0 Å². The molecule has 2 aliphatic rings. The van der Waals surface area contributed by atoms with E-state index in [1.165, 1.54) is 45.6 Å². The van der Waals surface area contributed by atoms with Gasteiger partial charge in [0.15, 0.2) is 0 Å². The Morgan fingerprint density at radius 3 is 1.95 bits per heavy atom. The van der Waals surface area contributed by atoms with Crippen LogP contribution in [0.4, 0.5) is 15.3 Å². The molecule has 0 radical (unpaired) electrons. The summed E-state index contributed by atoms with van der Waals surface area (Å²) in [4.78, 5) is 149. The van der Waals surface area contributed by atoms with Crippen molar-refractivity contribution < 1.29 is 77.2 Å². The number of urea groups is 1. The van der Waals surface area contributed by atoms with Gasteiger partial charge in [-0.1, -0.05) is 104 Å². The second-order valence-corrected chi connectivity index (χ2v) is 24.3. The topological polar surface area (TPSA) is 376 Å². The summed E-state index contributed by atoms with van der Waals surface area (Å²) >= 11 is 0. The Hall–Kier alpha value is -8.01. The van der Waals surface area contributed by atoms with Crippen molar-refractivity contribution in [1.29, 1.82) is 0 Å². The number of benzene rings is 2. The number of ether oxygens (including phenoxy) is 3. The van der Waals surface area contributed by atoms with Crippen molar-refractivity contribution >= 4 is 71.0 Å². The largest absolute Gasteiger partial charge is 0.445 e. The number of likely N-dealkylation sites (tertiary alicyclic amines) is 1. The molecule has 2 heterocycles. The van der Waals surface area contributed by atoms with Crippen molar-refractivity contribution in [2.24, 2.45) is 29.4 Å². The lowest BCUT2D eigenvalue weighted by atomic mass is 9.90. The molecule has 0 aliphatic carbocycles. The van der Waals surface area contributed by atoms with Crippen LogP contribution in [-0.4, -0.2) is 199 Å². The van der Waals surface area contributed by atoms with Crippen molar-refractivity contribution in [3.63, 3.8) is 0 Å². The third-order valence-electron chi connectivity index (χ3n) is 16.8. The molecule has 2 aromatic carbocycles. The average molecular weight is 1290 g/mol. The van der Waals surface area contributed by atoms with Gasteiger partial charge in [-0.15, -0.1) is 0 Å². The average Bonchev–Trinajstić information content (AvgIpc) is 1.76. The van der Waals surface area contributed by atoms with E-state index in [0.29, 0.717) is 62.7 Å². The van der Waals surface area contributed by atoms with Crippen LogP contribution in [0.25, 0.3) is 0 Å². The highest BCUT2D eigenvalue weighted by molar-refractivity contribution is 6.12. The highest BCUT2D eigenvalue weighted by Crippen LogP contribution is 2.29. The Labute approximate surface area is 539 Å². The van der Waals surface area contributed by atoms with Crippen molar-refractivity contribution in [1.82, 2.24) is 46.6 Å². The predicted molar refractivity (Wildman–Crippen MR) is 341 cm³/mol. The summed E-state index contributed by atoms with van der Waals surface area (Å²) in [5.74, 6) is -6.22. The van der Waals surface area contributed by atoms with Gasteiger partial charge in [-0.05, 0) is 86.0 Å². The van der Waals surface area contributed by atoms with Crippen LogP contribution in [0.15, 0.2) is 66.7 Å². The highest BCUT2D eigenvalue weighted by Gasteiger charge is 2.43. The van der Waals surface area contributed by atoms with Crippen LogP contribution in [0, 0.1) is 23.7 Å². The first-order valence-electron chi connectivity index (χ1n) is 31.8. The number of hydrogen-bond acceptors (Lipinski definition) is 16. The molecule has 2 aromatic rings. The van der Waals surface area contributed by atoms with E-state index in [-0.39, 0.29) is 87.5 Å². The smallest absolute Gasteiger partial charge is 0.410 e. The first-order valence-corrected chi connectivity index (χ1v) is 31.8. The van der Waals surface area contributed by atoms with Crippen LogP contribution in [0.1, 0.15) is 124 Å². The third kappa shape index (κ3) is 23.6. The number of rotatable bonds is 39. The molecule has 12 amide bonds. The molecular formula is C65H99N11O16. The van der Waals surface area contributed by atoms with Crippen molar-refractivity contribution in [3.05, 3.63) is 77.9 Å². The predicted octanol–water partition coefficient (Wildman–Crippen LogP) is 2.55. The number of anilines is 1. The van der Waals surface area contributed by atoms with E-state index < -0.39 is 115 Å². The number of carbonyl (C=O) groups is 11. The molecule has 27 nitrogen and oxygen atoms in total. The number of carbonyl (C=O) groups excluding carboxylic acids is 11. The number of methoxy groups -OCH3 is 2. The molecule has 4 rings (SSSR count). The molecule has 11 N–H and O–H groups in total. The zero-order valence-electron chi connectivity index (χ0n) is 54.9. The van der Waals surface area contributed by atoms with E-state index in [2.05, 4.69) is 37.2 Å². The maximum Gasteiger partial charge on any atom is 0.410 e. The number of nitrogens with two attached hydrogens (primary N) is 1. The van der Waals surface area contributed by atoms with Crippen LogP contribution in [0.5, 0.6) is 0 Å². The van der Waals surface area contributed by atoms with Gasteiger partial charge in [0.25, 0.3) is 11.8 Å². The fraction of sp³-hybridized carbons (Fsp3) is 0.615. The Balaban J connectivity index is 1.33. The summed E-state index contributed by atoms with van der Waals surface area (Å²) in [6.45, 7) is 11.8. The zero-order valence-corrected chi connectivity index (χ0v) is 54.9. The Bertz CT molecular complexity index is 2790. The van der Waals surface area contributed by atoms with Gasteiger partial charge >= 0.3 is 12.1 Å². The summed E-state index contributed by atoms with van der Waals surface area (Å²) in [5, 5.41) is 40.0. The van der Waals surface area contributed by atoms with E-state index in [1.54, 1.807) is 51.7 Å². The maximum atomic E-state index is 14.3. The first-order chi connectivity index (χ1) is 43.8. The summed E-state index contributed by atoms with van der Waals surface area (Å²) in [6, 6.07) is 8.39. The summed E-state index contributed by atoms with van der Waals surface area (Å²) in [7, 11) is 4.20. The number of nitrogens with one attached hydrogen (secondary N) is 7. The third-order valence-corrected chi connectivity index (χ3v) is 16.8. The minimum atomic E-state index is -1.50. The van der Waals surface area contributed by atoms with Gasteiger partial charge in [0, 0.05) is 65.2 Å². The molecule has 1 fully saturated rings. The number of hydrogen-bond donors (Lipinski definition) is 10. The van der Waals surface area contributed by atoms with Crippen LogP contribution >= 0.6 is 0 Å². The van der Waals surface area contributed by atoms with Crippen molar-refractivity contribution in [3.8, 4) is 0 Å². The van der Waals surface area contributed by atoms with E-state index in [4.69, 9.17) is 19.9 Å². The summed E-state index contributed by atoms with van der Waals surface area (Å²) in [6.07, 6.45) is 3.92. The van der Waals surface area contributed by atoms with Crippen LogP contribution in [0.3, 0.4) is 0 Å². The number of unbranched alkanes of at least 4 members (excludes halogenated alkanes) is 2. The minimum Gasteiger partial charge on any atom is -0.445 e. The second-order valence-electron chi connectivity index (χ2n) is 24.3. The normalized spacial score (nSPS) is 17.1. The molecule has 510 valence electrons. The fourth-order valence-electron chi connectivity index (χ4n) is 11.1. The molecule has 8 unspecified atom stereocenters. The monoisotopic (exact) mass is 1290 g/mol. The first kappa shape index (κ1) is 76.4. The molecule has 2 aliphatic heterocycles. The number of amides is 12. The number of primary amides is 1. The Morgan fingerprint density at radius 2 is 1.36 bits per heavy atom. The molecular weight excluding hydrogens is 1190 g/mol. The van der Waals surface area contributed by atoms with Crippen LogP contribution in [0.2, 0.25) is 0 Å². The van der Waals surface area contributed by atoms with Gasteiger partial charge in [0.05, 0.1) is 55.9 Å². The lowest BCUT2D eigenvalue weighted by molar-refractivity contribution is -0.143. The quantitative estimate of drug-likeness (QED) is 0.0340. The number of imide groups is 1. The van der Waals surface area contributed by atoms with Crippen LogP contribution < -0.4 is 43.0 Å². The SMILES string of the molecule is CCC(C)C(NC(=O)[C@@H](NC(=O)C(CO)N(C)C(=O)OCc1ccc(NC(=O)[C@H](CCCNC(N)=O)NC(=O)C(NC(=O)CCCCCN2C(=O)C=CC2=O)C(C)C)cc1)C(C)C)C(CC(=O)N1CCCC1C(OC)C(C)C(=O)N[C@H](CO)Cc1ccccc1)OC. The molecule has 92 heavy (non-hydrogen) atoms. The van der Waals surface area contributed by atoms with Gasteiger partial charge in [0.2, 0.25) is 41.4 Å². The standard InChI is InChI=1S/C65H99N11O16/c1-11-41(6)57(50(90-9)35-54(82)75-33-19-23-48(75)58(91-10)42(7)59(83)69-46(36-77)34-43-20-14-12-15-21-43)73-63(87)56(40(4)5)72-61(85)49(37-78)74(8)65(89)92-38-44-25-27-45(28-26-44)68-60(84)47(22-18-31-67-64(66)88)70-62(86)55(39(2)3)71-51(79)24-16-13-17-32-76-52(80)29-30-53(76)81/h12,14-15,20-21,25-30,39-42,46-50,55-58,77-78H,11,13,16-19,22-24,31-38H2,1-10H3,(H,68,84)(H,69,83)(H,70,86)(H,71,79)(H,72,85)(H,73,87)(H3,66,67,88)/t41?,42?,46-,47-,48?,49?,50?,55?,56-,57?,58?/m0/s1.